The van der Waals surface area contributed by atoms with Crippen molar-refractivity contribution in [2.45, 2.75) is 20.8 Å². The first kappa shape index (κ1) is 24.1. The molecule has 0 spiro atoms. The number of carbonyl (C=O) groups is 1. The minimum atomic E-state index is -3.70. The highest BCUT2D eigenvalue weighted by molar-refractivity contribution is 7.74. The zero-order valence-corrected chi connectivity index (χ0v) is 17.3. The third-order valence-electron chi connectivity index (χ3n) is 3.71. The molecule has 2 aromatic rings. The van der Waals surface area contributed by atoms with E-state index in [9.17, 15) is 18.1 Å². The van der Waals surface area contributed by atoms with Crippen molar-refractivity contribution in [3.8, 4) is 18.0 Å². The highest BCUT2D eigenvalue weighted by Crippen LogP contribution is 2.47. The average molecular weight is 424 g/mol. The summed E-state index contributed by atoms with van der Waals surface area (Å²) in [5.74, 6) is 1.08. The van der Waals surface area contributed by atoms with Gasteiger partial charge >= 0.3 is 13.0 Å². The number of nitrogens with zero attached hydrogens (tertiary/aromatic N) is 4. The molecule has 0 radical (unpaired) electrons. The highest BCUT2D eigenvalue weighted by Gasteiger charge is 2.41. The van der Waals surface area contributed by atoms with Crippen LogP contribution in [-0.2, 0) is 18.4 Å². The van der Waals surface area contributed by atoms with Gasteiger partial charge in [0.2, 0.25) is 5.78 Å². The second-order valence-corrected chi connectivity index (χ2v) is 7.66. The van der Waals surface area contributed by atoms with Crippen LogP contribution in [-0.4, -0.2) is 39.8 Å². The van der Waals surface area contributed by atoms with Gasteiger partial charge in [-0.05, 0) is 31.9 Å². The van der Waals surface area contributed by atoms with E-state index in [4.69, 9.17) is 12.0 Å². The van der Waals surface area contributed by atoms with Crippen molar-refractivity contribution >= 4 is 18.8 Å². The number of terminal acetylenes is 1. The minimum absolute atomic E-state index is 0.246. The van der Waals surface area contributed by atoms with Crippen LogP contribution in [0.25, 0.3) is 11.2 Å². The molecule has 0 unspecified atom stereocenters. The molecule has 29 heavy (non-hydrogen) atoms. The van der Waals surface area contributed by atoms with Crippen molar-refractivity contribution in [1.29, 1.82) is 0 Å². The molecule has 1 heterocycles. The molecule has 0 aliphatic carbocycles. The van der Waals surface area contributed by atoms with E-state index in [1.807, 2.05) is 0 Å². The molecule has 0 amide bonds. The molecule has 11 heteroatoms. The summed E-state index contributed by atoms with van der Waals surface area (Å²) in [7, 11) is -1.51. The maximum absolute atomic E-state index is 13.7. The van der Waals surface area contributed by atoms with Crippen molar-refractivity contribution < 1.29 is 32.0 Å². The molecule has 154 valence electrons. The van der Waals surface area contributed by atoms with Gasteiger partial charge in [-0.3, -0.25) is 9.36 Å². The summed E-state index contributed by atoms with van der Waals surface area (Å²) in [5.41, 5.74) is 9.10. The topological polar surface area (TPSA) is 107 Å². The maximum atomic E-state index is 13.7. The van der Waals surface area contributed by atoms with Crippen LogP contribution in [0.2, 0.25) is 0 Å². The van der Waals surface area contributed by atoms with Gasteiger partial charge in [-0.15, -0.1) is 6.42 Å². The standard InChI is InChI=1S/C13H10F2N2.C5H9N2O4P/c1-4-12-8(2)17(9(3)16-12)13-6-5-10(14)7-11(13)15;1-4(8)5(7-6)12(9,10-2)11-3/h1,5-7H,2-3H3;1-3H3. The summed E-state index contributed by atoms with van der Waals surface area (Å²) in [6.07, 6.45) is 5.29. The number of halogens is 2. The lowest BCUT2D eigenvalue weighted by atomic mass is 10.2. The second-order valence-electron chi connectivity index (χ2n) is 5.51. The number of ketones is 1. The van der Waals surface area contributed by atoms with E-state index in [1.165, 1.54) is 12.1 Å². The lowest BCUT2D eigenvalue weighted by Crippen LogP contribution is -2.13. The van der Waals surface area contributed by atoms with Gasteiger partial charge in [0.1, 0.15) is 23.2 Å². The summed E-state index contributed by atoms with van der Waals surface area (Å²) in [4.78, 5) is 17.4. The van der Waals surface area contributed by atoms with Gasteiger partial charge in [-0.2, -0.15) is 4.79 Å². The van der Waals surface area contributed by atoms with Gasteiger partial charge in [0.15, 0.2) is 0 Å². The number of hydrogen-bond acceptors (Lipinski definition) is 5. The number of aryl methyl sites for hydroxylation is 1. The zero-order chi connectivity index (χ0) is 22.4. The Bertz CT molecular complexity index is 1060. The summed E-state index contributed by atoms with van der Waals surface area (Å²) in [6.45, 7) is 4.56. The zero-order valence-electron chi connectivity index (χ0n) is 16.4. The van der Waals surface area contributed by atoms with E-state index >= 15 is 0 Å². The van der Waals surface area contributed by atoms with Crippen molar-refractivity contribution in [3.63, 3.8) is 0 Å². The van der Waals surface area contributed by atoms with E-state index in [0.29, 0.717) is 17.2 Å². The Morgan fingerprint density at radius 3 is 2.24 bits per heavy atom. The van der Waals surface area contributed by atoms with Crippen LogP contribution in [0.3, 0.4) is 0 Å². The van der Waals surface area contributed by atoms with Crippen molar-refractivity contribution in [2.75, 3.05) is 14.2 Å². The number of Topliss-reactive ketones (excluding diaryl/α,β-unsaturated/α-hetero) is 1. The fourth-order valence-electron chi connectivity index (χ4n) is 2.36. The molecular weight excluding hydrogens is 405 g/mol. The van der Waals surface area contributed by atoms with Crippen molar-refractivity contribution in [3.05, 3.63) is 52.6 Å². The van der Waals surface area contributed by atoms with Gasteiger partial charge in [0.25, 0.3) is 0 Å². The molecule has 2 rings (SSSR count). The number of imidazole rings is 1. The molecule has 0 atom stereocenters. The number of rotatable bonds is 5. The number of benzene rings is 1. The predicted molar refractivity (Wildman–Crippen MR) is 102 cm³/mol. The fourth-order valence-corrected chi connectivity index (χ4v) is 3.35. The monoisotopic (exact) mass is 424 g/mol. The van der Waals surface area contributed by atoms with E-state index in [0.717, 1.165) is 27.2 Å². The van der Waals surface area contributed by atoms with Crippen LogP contribution >= 0.6 is 7.60 Å². The lowest BCUT2D eigenvalue weighted by molar-refractivity contribution is -0.114. The van der Waals surface area contributed by atoms with Crippen LogP contribution in [0.5, 0.6) is 0 Å². The Hall–Kier alpha value is -2.95. The van der Waals surface area contributed by atoms with Gasteiger partial charge in [0, 0.05) is 27.2 Å². The average Bonchev–Trinajstić information content (AvgIpc) is 2.96. The number of hydrogen-bond donors (Lipinski definition) is 0. The summed E-state index contributed by atoms with van der Waals surface area (Å²) in [5, 5.41) is 0. The van der Waals surface area contributed by atoms with E-state index in [2.05, 4.69) is 24.7 Å². The minimum Gasteiger partial charge on any atom is -0.360 e. The lowest BCUT2D eigenvalue weighted by Gasteiger charge is -2.08. The number of aromatic nitrogens is 2. The molecule has 0 aliphatic heterocycles. The fraction of sp³-hybridized carbons (Fsp3) is 0.278. The predicted octanol–water partition coefficient (Wildman–Crippen LogP) is 3.44. The Morgan fingerprint density at radius 1 is 1.31 bits per heavy atom. The van der Waals surface area contributed by atoms with Gasteiger partial charge in [-0.25, -0.2) is 18.3 Å². The molecule has 0 saturated heterocycles. The highest BCUT2D eigenvalue weighted by atomic mass is 31.2. The smallest absolute Gasteiger partial charge is 0.360 e. The summed E-state index contributed by atoms with van der Waals surface area (Å²) in [6, 6.07) is 3.41. The summed E-state index contributed by atoms with van der Waals surface area (Å²) < 4.78 is 48.3. The summed E-state index contributed by atoms with van der Waals surface area (Å²) >= 11 is 0. The Balaban J connectivity index is 0.000000311. The van der Waals surface area contributed by atoms with Crippen LogP contribution in [0.15, 0.2) is 18.2 Å². The van der Waals surface area contributed by atoms with Crippen LogP contribution in [0, 0.1) is 37.8 Å². The molecule has 0 bridgehead atoms. The van der Waals surface area contributed by atoms with E-state index < -0.39 is 30.5 Å². The van der Waals surface area contributed by atoms with Crippen LogP contribution < -0.4 is 0 Å². The second kappa shape index (κ2) is 10.0. The third kappa shape index (κ3) is 5.31. The van der Waals surface area contributed by atoms with Gasteiger partial charge < -0.3 is 14.6 Å². The normalized spacial score (nSPS) is 10.4. The molecule has 0 N–H and O–H groups in total. The van der Waals surface area contributed by atoms with E-state index in [-0.39, 0.29) is 5.69 Å². The quantitative estimate of drug-likeness (QED) is 0.240. The maximum Gasteiger partial charge on any atom is 0.446 e. The van der Waals surface area contributed by atoms with Crippen molar-refractivity contribution in [1.82, 2.24) is 9.55 Å². The molecule has 0 saturated carbocycles. The first-order valence-electron chi connectivity index (χ1n) is 7.99. The molecule has 1 aromatic carbocycles. The Labute approximate surface area is 166 Å². The first-order chi connectivity index (χ1) is 13.6. The van der Waals surface area contributed by atoms with Crippen LogP contribution in [0.1, 0.15) is 24.1 Å². The molecule has 0 aliphatic rings. The molecular formula is C18H19F2N4O4P. The molecule has 1 aromatic heterocycles. The molecule has 8 nitrogen and oxygen atoms in total. The number of carbonyl (C=O) groups excluding carboxylic acids is 1. The van der Waals surface area contributed by atoms with Gasteiger partial charge in [0.05, 0.1) is 11.4 Å². The van der Waals surface area contributed by atoms with E-state index in [1.54, 1.807) is 18.4 Å². The largest absolute Gasteiger partial charge is 0.446 e. The van der Waals surface area contributed by atoms with Crippen molar-refractivity contribution in [2.24, 2.45) is 0 Å². The molecule has 0 fully saturated rings. The Kier molecular flexibility index (Phi) is 8.31. The van der Waals surface area contributed by atoms with Crippen LogP contribution in [0.4, 0.5) is 8.78 Å². The first-order valence-corrected chi connectivity index (χ1v) is 9.53. The third-order valence-corrected chi connectivity index (χ3v) is 5.60. The van der Waals surface area contributed by atoms with Gasteiger partial charge in [-0.1, -0.05) is 0 Å². The SMILES string of the molecule is C#Cc1nc(C)n(-c2ccc(F)cc2F)c1C.COP(=O)(OC)C(=[N+]=[N-])C(C)=O. The Morgan fingerprint density at radius 2 is 1.90 bits per heavy atom.